The normalized spacial score (nSPS) is 11.6. The number of anilines is 1. The Balaban J connectivity index is 2.04. The van der Waals surface area contributed by atoms with Gasteiger partial charge in [0.25, 0.3) is 17.5 Å². The number of hydrazone groups is 1. The van der Waals surface area contributed by atoms with Gasteiger partial charge in [-0.05, 0) is 31.2 Å². The van der Waals surface area contributed by atoms with Crippen LogP contribution in [0.5, 0.6) is 0 Å². The summed E-state index contributed by atoms with van der Waals surface area (Å²) in [5.41, 5.74) is 2.23. The number of amides is 2. The van der Waals surface area contributed by atoms with E-state index < -0.39 is 16.7 Å². The highest BCUT2D eigenvalue weighted by molar-refractivity contribution is 6.68. The van der Waals surface area contributed by atoms with Crippen molar-refractivity contribution in [1.29, 1.82) is 0 Å². The van der Waals surface area contributed by atoms with Crippen LogP contribution >= 0.6 is 0 Å². The third-order valence-electron chi connectivity index (χ3n) is 3.35. The molecule has 27 heavy (non-hydrogen) atoms. The Morgan fingerprint density at radius 3 is 2.26 bits per heavy atom. The summed E-state index contributed by atoms with van der Waals surface area (Å²) in [5.74, 6) is -1.36. The minimum absolute atomic E-state index is 0.0406. The van der Waals surface area contributed by atoms with Crippen LogP contribution in [-0.2, 0) is 4.79 Å². The van der Waals surface area contributed by atoms with E-state index in [4.69, 9.17) is 5.21 Å². The standard InChI is InChI=1S/C17H15N5O5/c1-11(15(21-25)17(24)18-13-5-3-2-4-6-13)19-20-16(23)12-7-9-14(10-8-12)22(26)27/h2-10,25H,1H3,(H,18,24)(H,20,23)/b19-11-,21-15-. The topological polar surface area (TPSA) is 146 Å². The van der Waals surface area contributed by atoms with Gasteiger partial charge in [-0.1, -0.05) is 23.4 Å². The number of hydrogen-bond acceptors (Lipinski definition) is 7. The lowest BCUT2D eigenvalue weighted by Crippen LogP contribution is -2.31. The fraction of sp³-hybridized carbons (Fsp3) is 0.0588. The second-order valence-corrected chi connectivity index (χ2v) is 5.21. The maximum atomic E-state index is 12.1. The monoisotopic (exact) mass is 369 g/mol. The predicted octanol–water partition coefficient (Wildman–Crippen LogP) is 2.17. The van der Waals surface area contributed by atoms with Crippen molar-refractivity contribution in [3.63, 3.8) is 0 Å². The van der Waals surface area contributed by atoms with Gasteiger partial charge in [-0.15, -0.1) is 0 Å². The Kier molecular flexibility index (Phi) is 6.31. The van der Waals surface area contributed by atoms with Crippen molar-refractivity contribution < 1.29 is 19.7 Å². The average Bonchev–Trinajstić information content (AvgIpc) is 2.67. The number of hydrogen-bond donors (Lipinski definition) is 3. The van der Waals surface area contributed by atoms with Crippen LogP contribution in [0.3, 0.4) is 0 Å². The van der Waals surface area contributed by atoms with Gasteiger partial charge in [0, 0.05) is 23.4 Å². The predicted molar refractivity (Wildman–Crippen MR) is 98.0 cm³/mol. The molecular weight excluding hydrogens is 354 g/mol. The molecule has 0 radical (unpaired) electrons. The lowest BCUT2D eigenvalue weighted by atomic mass is 10.2. The van der Waals surface area contributed by atoms with Crippen molar-refractivity contribution in [1.82, 2.24) is 5.43 Å². The molecule has 138 valence electrons. The van der Waals surface area contributed by atoms with Gasteiger partial charge in [-0.3, -0.25) is 19.7 Å². The molecule has 3 N–H and O–H groups in total. The van der Waals surface area contributed by atoms with Crippen molar-refractivity contribution in [3.8, 4) is 0 Å². The van der Waals surface area contributed by atoms with Crippen LogP contribution in [0.15, 0.2) is 64.9 Å². The summed E-state index contributed by atoms with van der Waals surface area (Å²) >= 11 is 0. The maximum absolute atomic E-state index is 12.1. The summed E-state index contributed by atoms with van der Waals surface area (Å²) in [5, 5.41) is 28.8. The maximum Gasteiger partial charge on any atom is 0.279 e. The number of non-ortho nitro benzene ring substituents is 1. The number of oxime groups is 1. The summed E-state index contributed by atoms with van der Waals surface area (Å²) in [6.07, 6.45) is 0. The van der Waals surface area contributed by atoms with E-state index in [0.29, 0.717) is 5.69 Å². The molecule has 0 unspecified atom stereocenters. The molecule has 2 aromatic rings. The first-order chi connectivity index (χ1) is 12.9. The zero-order chi connectivity index (χ0) is 19.8. The third-order valence-corrected chi connectivity index (χ3v) is 3.35. The SMILES string of the molecule is CC(=N/NC(=O)c1ccc([N+](=O)[O-])cc1)/C(=N/O)C(=O)Nc1ccccc1. The zero-order valence-corrected chi connectivity index (χ0v) is 14.1. The fourth-order valence-corrected chi connectivity index (χ4v) is 1.98. The summed E-state index contributed by atoms with van der Waals surface area (Å²) in [7, 11) is 0. The van der Waals surface area contributed by atoms with E-state index >= 15 is 0 Å². The molecule has 0 saturated carbocycles. The van der Waals surface area contributed by atoms with Gasteiger partial charge in [0.15, 0.2) is 5.71 Å². The Morgan fingerprint density at radius 1 is 1.07 bits per heavy atom. The van der Waals surface area contributed by atoms with E-state index in [-0.39, 0.29) is 22.7 Å². The molecular formula is C17H15N5O5. The smallest absolute Gasteiger partial charge is 0.279 e. The second-order valence-electron chi connectivity index (χ2n) is 5.21. The van der Waals surface area contributed by atoms with Crippen molar-refractivity contribution in [2.24, 2.45) is 10.3 Å². The largest absolute Gasteiger partial charge is 0.410 e. The fourth-order valence-electron chi connectivity index (χ4n) is 1.98. The number of benzene rings is 2. The number of rotatable bonds is 6. The van der Waals surface area contributed by atoms with Gasteiger partial charge < -0.3 is 10.5 Å². The average molecular weight is 369 g/mol. The van der Waals surface area contributed by atoms with Gasteiger partial charge >= 0.3 is 0 Å². The number of carbonyl (C=O) groups excluding carboxylic acids is 2. The van der Waals surface area contributed by atoms with Gasteiger partial charge in [0.05, 0.1) is 10.6 Å². The Bertz CT molecular complexity index is 907. The van der Waals surface area contributed by atoms with Crippen molar-refractivity contribution in [2.75, 3.05) is 5.32 Å². The highest BCUT2D eigenvalue weighted by Gasteiger charge is 2.17. The zero-order valence-electron chi connectivity index (χ0n) is 14.1. The van der Waals surface area contributed by atoms with E-state index in [1.165, 1.54) is 31.2 Å². The lowest BCUT2D eigenvalue weighted by Gasteiger charge is -2.07. The van der Waals surface area contributed by atoms with E-state index in [0.717, 1.165) is 0 Å². The number of para-hydroxylation sites is 1. The molecule has 0 aliphatic heterocycles. The van der Waals surface area contributed by atoms with Crippen LogP contribution in [0, 0.1) is 10.1 Å². The summed E-state index contributed by atoms with van der Waals surface area (Å²) < 4.78 is 0. The molecule has 10 nitrogen and oxygen atoms in total. The second kappa shape index (κ2) is 8.85. The third kappa shape index (κ3) is 5.19. The molecule has 10 heteroatoms. The number of carbonyl (C=O) groups is 2. The first kappa shape index (κ1) is 19.2. The molecule has 0 bridgehead atoms. The lowest BCUT2D eigenvalue weighted by molar-refractivity contribution is -0.384. The number of nitro benzene ring substituents is 1. The van der Waals surface area contributed by atoms with Gasteiger partial charge in [0.1, 0.15) is 0 Å². The van der Waals surface area contributed by atoms with Crippen LogP contribution < -0.4 is 10.7 Å². The van der Waals surface area contributed by atoms with E-state index in [1.54, 1.807) is 30.3 Å². The highest BCUT2D eigenvalue weighted by Crippen LogP contribution is 2.11. The van der Waals surface area contributed by atoms with Crippen molar-refractivity contribution in [3.05, 3.63) is 70.3 Å². The van der Waals surface area contributed by atoms with Crippen LogP contribution in [0.4, 0.5) is 11.4 Å². The number of nitrogens with one attached hydrogen (secondary N) is 2. The molecule has 0 aliphatic carbocycles. The summed E-state index contributed by atoms with van der Waals surface area (Å²) in [6, 6.07) is 13.4. The number of nitro groups is 1. The first-order valence-electron chi connectivity index (χ1n) is 7.60. The van der Waals surface area contributed by atoms with E-state index in [1.807, 2.05) is 0 Å². The van der Waals surface area contributed by atoms with Crippen LogP contribution in [0.25, 0.3) is 0 Å². The molecule has 0 fully saturated rings. The molecule has 0 spiro atoms. The van der Waals surface area contributed by atoms with Crippen LogP contribution in [0.1, 0.15) is 17.3 Å². The minimum Gasteiger partial charge on any atom is -0.410 e. The molecule has 0 aromatic heterocycles. The molecule has 2 rings (SSSR count). The van der Waals surface area contributed by atoms with Crippen molar-refractivity contribution in [2.45, 2.75) is 6.92 Å². The highest BCUT2D eigenvalue weighted by atomic mass is 16.6. The molecule has 0 saturated heterocycles. The molecule has 2 amide bonds. The van der Waals surface area contributed by atoms with Gasteiger partial charge in [-0.25, -0.2) is 5.43 Å². The molecule has 0 atom stereocenters. The van der Waals surface area contributed by atoms with Crippen molar-refractivity contribution >= 4 is 34.6 Å². The van der Waals surface area contributed by atoms with Gasteiger partial charge in [-0.2, -0.15) is 5.10 Å². The Hall–Kier alpha value is -4.08. The molecule has 2 aromatic carbocycles. The van der Waals surface area contributed by atoms with Gasteiger partial charge in [0.2, 0.25) is 0 Å². The quantitative estimate of drug-likeness (QED) is 0.309. The van der Waals surface area contributed by atoms with Crippen LogP contribution in [-0.4, -0.2) is 33.4 Å². The summed E-state index contributed by atoms with van der Waals surface area (Å²) in [6.45, 7) is 1.37. The van der Waals surface area contributed by atoms with E-state index in [2.05, 4.69) is 21.0 Å². The van der Waals surface area contributed by atoms with E-state index in [9.17, 15) is 19.7 Å². The number of nitrogens with zero attached hydrogens (tertiary/aromatic N) is 3. The summed E-state index contributed by atoms with van der Waals surface area (Å²) in [4.78, 5) is 34.2. The molecule has 0 heterocycles. The van der Waals surface area contributed by atoms with Crippen LogP contribution in [0.2, 0.25) is 0 Å². The first-order valence-corrected chi connectivity index (χ1v) is 7.60. The molecule has 0 aliphatic rings. The Labute approximate surface area is 153 Å². The minimum atomic E-state index is -0.713. The Morgan fingerprint density at radius 2 is 1.70 bits per heavy atom.